The number of rotatable bonds is 6. The fraction of sp³-hybridized carbons (Fsp3) is 0.857. The van der Waals surface area contributed by atoms with Gasteiger partial charge in [0.15, 0.2) is 0 Å². The fourth-order valence-corrected chi connectivity index (χ4v) is 2.78. The molecule has 1 heterocycles. The van der Waals surface area contributed by atoms with Crippen LogP contribution in [0.5, 0.6) is 0 Å². The van der Waals surface area contributed by atoms with Gasteiger partial charge in [-0.15, -0.1) is 0 Å². The largest absolute Gasteiger partial charge is 0.469 e. The second kappa shape index (κ2) is 8.79. The highest BCUT2D eigenvalue weighted by Crippen LogP contribution is 2.21. The number of carbonyl (C=O) groups excluding carboxylic acids is 2. The number of hydrogen-bond donors (Lipinski definition) is 1. The van der Waals surface area contributed by atoms with Gasteiger partial charge in [-0.3, -0.25) is 4.79 Å². The van der Waals surface area contributed by atoms with Crippen molar-refractivity contribution in [3.8, 4) is 0 Å². The summed E-state index contributed by atoms with van der Waals surface area (Å²) in [5, 5.41) is 2.87. The molecule has 0 aromatic rings. The molecule has 2 unspecified atom stereocenters. The Kier molecular flexibility index (Phi) is 7.36. The average Bonchev–Trinajstić information content (AvgIpc) is 2.44. The molecule has 20 heavy (non-hydrogen) atoms. The van der Waals surface area contributed by atoms with Crippen LogP contribution in [-0.4, -0.2) is 56.9 Å². The van der Waals surface area contributed by atoms with E-state index in [4.69, 9.17) is 0 Å². The van der Waals surface area contributed by atoms with Crippen molar-refractivity contribution in [3.05, 3.63) is 0 Å². The first-order chi connectivity index (χ1) is 9.58. The van der Waals surface area contributed by atoms with Crippen LogP contribution in [0, 0.1) is 5.92 Å². The summed E-state index contributed by atoms with van der Waals surface area (Å²) in [7, 11) is 2.77. The van der Waals surface area contributed by atoms with Crippen molar-refractivity contribution in [1.82, 2.24) is 10.2 Å². The molecule has 1 fully saturated rings. The van der Waals surface area contributed by atoms with E-state index < -0.39 is 0 Å². The van der Waals surface area contributed by atoms with E-state index in [2.05, 4.69) is 26.6 Å². The van der Waals surface area contributed by atoms with Crippen LogP contribution in [0.15, 0.2) is 0 Å². The van der Waals surface area contributed by atoms with Gasteiger partial charge in [0.05, 0.1) is 20.6 Å². The lowest BCUT2D eigenvalue weighted by Crippen LogP contribution is -2.51. The summed E-state index contributed by atoms with van der Waals surface area (Å²) in [5.74, 6) is 0.355. The Morgan fingerprint density at radius 1 is 1.25 bits per heavy atom. The third-order valence-electron chi connectivity index (χ3n) is 3.68. The van der Waals surface area contributed by atoms with Crippen LogP contribution in [-0.2, 0) is 14.3 Å². The number of likely N-dealkylation sites (tertiary alicyclic amines) is 1. The number of alkyl carbamates (subject to hydrolysis) is 1. The molecule has 0 aliphatic carbocycles. The second-order valence-electron chi connectivity index (χ2n) is 5.31. The van der Waals surface area contributed by atoms with Gasteiger partial charge < -0.3 is 19.7 Å². The third-order valence-corrected chi connectivity index (χ3v) is 3.68. The second-order valence-corrected chi connectivity index (χ2v) is 5.31. The monoisotopic (exact) mass is 286 g/mol. The summed E-state index contributed by atoms with van der Waals surface area (Å²) >= 11 is 0. The zero-order chi connectivity index (χ0) is 15.0. The first-order valence-corrected chi connectivity index (χ1v) is 7.22. The molecule has 1 saturated heterocycles. The van der Waals surface area contributed by atoms with Gasteiger partial charge in [-0.1, -0.05) is 13.3 Å². The minimum Gasteiger partial charge on any atom is -0.469 e. The molecule has 0 spiro atoms. The summed E-state index contributed by atoms with van der Waals surface area (Å²) in [4.78, 5) is 24.8. The van der Waals surface area contributed by atoms with Crippen molar-refractivity contribution in [1.29, 1.82) is 0 Å². The number of carbonyl (C=O) groups is 2. The smallest absolute Gasteiger partial charge is 0.407 e. The molecule has 116 valence electrons. The molecule has 1 amide bonds. The summed E-state index contributed by atoms with van der Waals surface area (Å²) in [5.41, 5.74) is 0. The van der Waals surface area contributed by atoms with E-state index in [0.29, 0.717) is 18.9 Å². The molecule has 1 rings (SSSR count). The van der Waals surface area contributed by atoms with Crippen LogP contribution in [0.1, 0.15) is 32.6 Å². The minimum absolute atomic E-state index is 0.0883. The molecule has 6 heteroatoms. The molecular formula is C14H26N2O4. The predicted octanol–water partition coefficient (Wildman–Crippen LogP) is 1.40. The van der Waals surface area contributed by atoms with Crippen molar-refractivity contribution in [2.75, 3.05) is 33.9 Å². The number of nitrogens with one attached hydrogen (secondary N) is 1. The SMILES string of the molecule is CCCC1CC(NC(=O)OC)CN(CCC(=O)OC)C1. The maximum atomic E-state index is 11.3. The Morgan fingerprint density at radius 2 is 2.00 bits per heavy atom. The number of ether oxygens (including phenoxy) is 2. The summed E-state index contributed by atoms with van der Waals surface area (Å²) in [6, 6.07) is 0.0883. The number of hydrogen-bond acceptors (Lipinski definition) is 5. The maximum absolute atomic E-state index is 11.3. The average molecular weight is 286 g/mol. The van der Waals surface area contributed by atoms with Crippen LogP contribution in [0.3, 0.4) is 0 Å². The van der Waals surface area contributed by atoms with E-state index in [0.717, 1.165) is 32.4 Å². The van der Waals surface area contributed by atoms with E-state index in [9.17, 15) is 9.59 Å². The van der Waals surface area contributed by atoms with E-state index in [1.807, 2.05) is 0 Å². The number of amides is 1. The van der Waals surface area contributed by atoms with Crippen molar-refractivity contribution < 1.29 is 19.1 Å². The van der Waals surface area contributed by atoms with E-state index in [-0.39, 0.29) is 18.1 Å². The van der Waals surface area contributed by atoms with Crippen LogP contribution in [0.2, 0.25) is 0 Å². The Labute approximate surface area is 120 Å². The molecule has 0 saturated carbocycles. The zero-order valence-corrected chi connectivity index (χ0v) is 12.7. The Hall–Kier alpha value is -1.30. The molecule has 0 radical (unpaired) electrons. The molecule has 0 bridgehead atoms. The van der Waals surface area contributed by atoms with Gasteiger partial charge in [0, 0.05) is 25.7 Å². The lowest BCUT2D eigenvalue weighted by molar-refractivity contribution is -0.141. The number of methoxy groups -OCH3 is 2. The van der Waals surface area contributed by atoms with E-state index in [1.165, 1.54) is 14.2 Å². The molecule has 1 aliphatic rings. The van der Waals surface area contributed by atoms with Crippen molar-refractivity contribution in [2.24, 2.45) is 5.92 Å². The molecule has 0 aromatic carbocycles. The lowest BCUT2D eigenvalue weighted by atomic mass is 9.90. The minimum atomic E-state index is -0.389. The Bertz CT molecular complexity index is 322. The topological polar surface area (TPSA) is 67.9 Å². The number of esters is 1. The normalized spacial score (nSPS) is 23.1. The standard InChI is InChI=1S/C14H26N2O4/c1-4-5-11-8-12(15-14(18)20-3)10-16(9-11)7-6-13(17)19-2/h11-12H,4-10H2,1-3H3,(H,15,18). The zero-order valence-electron chi connectivity index (χ0n) is 12.7. The highest BCUT2D eigenvalue weighted by molar-refractivity contribution is 5.69. The van der Waals surface area contributed by atoms with Gasteiger partial charge in [-0.25, -0.2) is 4.79 Å². The molecule has 0 aromatic heterocycles. The van der Waals surface area contributed by atoms with Crippen molar-refractivity contribution in [3.63, 3.8) is 0 Å². The maximum Gasteiger partial charge on any atom is 0.407 e. The molecule has 1 N–H and O–H groups in total. The highest BCUT2D eigenvalue weighted by Gasteiger charge is 2.28. The fourth-order valence-electron chi connectivity index (χ4n) is 2.78. The van der Waals surface area contributed by atoms with E-state index >= 15 is 0 Å². The Morgan fingerprint density at radius 3 is 2.60 bits per heavy atom. The first-order valence-electron chi connectivity index (χ1n) is 7.22. The molecule has 1 aliphatic heterocycles. The lowest BCUT2D eigenvalue weighted by Gasteiger charge is -2.37. The van der Waals surface area contributed by atoms with Gasteiger partial charge in [-0.05, 0) is 18.8 Å². The van der Waals surface area contributed by atoms with Crippen LogP contribution in [0.25, 0.3) is 0 Å². The van der Waals surface area contributed by atoms with Gasteiger partial charge in [0.25, 0.3) is 0 Å². The molecule has 2 atom stereocenters. The summed E-state index contributed by atoms with van der Waals surface area (Å²) in [6.45, 7) is 4.57. The van der Waals surface area contributed by atoms with Gasteiger partial charge in [-0.2, -0.15) is 0 Å². The Balaban J connectivity index is 2.51. The highest BCUT2D eigenvalue weighted by atomic mass is 16.5. The third kappa shape index (κ3) is 5.77. The summed E-state index contributed by atoms with van der Waals surface area (Å²) in [6.07, 6.45) is 3.23. The predicted molar refractivity (Wildman–Crippen MR) is 75.4 cm³/mol. The summed E-state index contributed by atoms with van der Waals surface area (Å²) < 4.78 is 9.33. The van der Waals surface area contributed by atoms with Gasteiger partial charge >= 0.3 is 12.1 Å². The van der Waals surface area contributed by atoms with Crippen molar-refractivity contribution >= 4 is 12.1 Å². The van der Waals surface area contributed by atoms with Crippen molar-refractivity contribution in [2.45, 2.75) is 38.6 Å². The molecule has 6 nitrogen and oxygen atoms in total. The first kappa shape index (κ1) is 16.8. The van der Waals surface area contributed by atoms with Gasteiger partial charge in [0.2, 0.25) is 0 Å². The number of nitrogens with zero attached hydrogens (tertiary/aromatic N) is 1. The van der Waals surface area contributed by atoms with Gasteiger partial charge in [0.1, 0.15) is 0 Å². The molecular weight excluding hydrogens is 260 g/mol. The van der Waals surface area contributed by atoms with Crippen LogP contribution >= 0.6 is 0 Å². The number of piperidine rings is 1. The van der Waals surface area contributed by atoms with Crippen LogP contribution in [0.4, 0.5) is 4.79 Å². The van der Waals surface area contributed by atoms with E-state index in [1.54, 1.807) is 0 Å². The van der Waals surface area contributed by atoms with Crippen LogP contribution < -0.4 is 5.32 Å². The quantitative estimate of drug-likeness (QED) is 0.747.